The molecule has 0 saturated carbocycles. The molecule has 1 amide bonds. The molecular weight excluding hydrogens is 453 g/mol. The maximum absolute atomic E-state index is 13.3. The van der Waals surface area contributed by atoms with Gasteiger partial charge in [-0.25, -0.2) is 9.18 Å². The van der Waals surface area contributed by atoms with Crippen LogP contribution in [0.4, 0.5) is 15.9 Å². The van der Waals surface area contributed by atoms with Gasteiger partial charge in [-0.3, -0.25) is 24.0 Å². The normalized spacial score (nSPS) is 15.0. The van der Waals surface area contributed by atoms with E-state index in [1.54, 1.807) is 0 Å². The summed E-state index contributed by atoms with van der Waals surface area (Å²) < 4.78 is 19.6. The lowest BCUT2D eigenvalue weighted by molar-refractivity contribution is -0.120. The van der Waals surface area contributed by atoms with Gasteiger partial charge in [-0.05, 0) is 61.9 Å². The number of piperidine rings is 1. The summed E-state index contributed by atoms with van der Waals surface area (Å²) in [5.74, 6) is 0.0580. The number of methoxy groups -OCH3 is 1. The molecule has 1 aliphatic heterocycles. The van der Waals surface area contributed by atoms with Crippen LogP contribution in [-0.4, -0.2) is 60.3 Å². The van der Waals surface area contributed by atoms with E-state index in [1.807, 2.05) is 26.0 Å². The minimum Gasteiger partial charge on any atom is -0.383 e. The molecular formula is C25H36FN5O4. The predicted molar refractivity (Wildman–Crippen MR) is 134 cm³/mol. The fraction of sp³-hybridized carbons (Fsp3) is 0.560. The molecule has 1 aromatic carbocycles. The molecule has 0 bridgehead atoms. The Bertz CT molecular complexity index is 1100. The molecule has 0 aliphatic carbocycles. The molecule has 1 aliphatic rings. The SMILES string of the molecule is COCCN(C(=O)CN1CCC(Cc2ccc(F)cc2)CC1)c1c(N)n(CC(C)C)c(=O)[nH]c1=O. The molecule has 0 spiro atoms. The van der Waals surface area contributed by atoms with Crippen molar-refractivity contribution in [3.05, 3.63) is 56.5 Å². The van der Waals surface area contributed by atoms with Gasteiger partial charge in [0.2, 0.25) is 5.91 Å². The summed E-state index contributed by atoms with van der Waals surface area (Å²) in [4.78, 5) is 44.1. The number of aromatic nitrogens is 2. The van der Waals surface area contributed by atoms with Gasteiger partial charge in [0.15, 0.2) is 5.69 Å². The Morgan fingerprint density at radius 3 is 2.49 bits per heavy atom. The number of hydrogen-bond acceptors (Lipinski definition) is 6. The minimum atomic E-state index is -0.685. The highest BCUT2D eigenvalue weighted by Gasteiger charge is 2.27. The van der Waals surface area contributed by atoms with E-state index in [1.165, 1.54) is 28.7 Å². The Morgan fingerprint density at radius 2 is 1.89 bits per heavy atom. The Hall–Kier alpha value is -2.98. The Labute approximate surface area is 204 Å². The monoisotopic (exact) mass is 489 g/mol. The first-order valence-electron chi connectivity index (χ1n) is 12.1. The minimum absolute atomic E-state index is 0.0153. The number of H-pyrrole nitrogens is 1. The number of amides is 1. The summed E-state index contributed by atoms with van der Waals surface area (Å²) in [6, 6.07) is 6.60. The van der Waals surface area contributed by atoms with Gasteiger partial charge in [0, 0.05) is 20.2 Å². The van der Waals surface area contributed by atoms with Crippen LogP contribution in [0, 0.1) is 17.7 Å². The van der Waals surface area contributed by atoms with Crippen molar-refractivity contribution in [3.63, 3.8) is 0 Å². The van der Waals surface area contributed by atoms with Gasteiger partial charge < -0.3 is 15.4 Å². The average Bonchev–Trinajstić information content (AvgIpc) is 2.81. The summed E-state index contributed by atoms with van der Waals surface area (Å²) >= 11 is 0. The largest absolute Gasteiger partial charge is 0.383 e. The number of nitrogens with zero attached hydrogens (tertiary/aromatic N) is 3. The Morgan fingerprint density at radius 1 is 1.23 bits per heavy atom. The lowest BCUT2D eigenvalue weighted by Crippen LogP contribution is -2.48. The zero-order chi connectivity index (χ0) is 25.5. The molecule has 2 aromatic rings. The van der Waals surface area contributed by atoms with Crippen molar-refractivity contribution >= 4 is 17.4 Å². The number of nitrogens with two attached hydrogens (primary N) is 1. The van der Waals surface area contributed by atoms with Crippen molar-refractivity contribution in [2.45, 2.75) is 39.7 Å². The molecule has 9 nitrogen and oxygen atoms in total. The lowest BCUT2D eigenvalue weighted by atomic mass is 9.90. The summed E-state index contributed by atoms with van der Waals surface area (Å²) in [6.45, 7) is 6.17. The second kappa shape index (κ2) is 12.1. The molecule has 10 heteroatoms. The van der Waals surface area contributed by atoms with Gasteiger partial charge in [-0.15, -0.1) is 0 Å². The fourth-order valence-corrected chi connectivity index (χ4v) is 4.51. The smallest absolute Gasteiger partial charge is 0.330 e. The number of carbonyl (C=O) groups is 1. The van der Waals surface area contributed by atoms with Crippen LogP contribution in [-0.2, 0) is 22.5 Å². The van der Waals surface area contributed by atoms with Crippen LogP contribution in [0.3, 0.4) is 0 Å². The highest BCUT2D eigenvalue weighted by molar-refractivity contribution is 5.96. The predicted octanol–water partition coefficient (Wildman–Crippen LogP) is 1.85. The van der Waals surface area contributed by atoms with E-state index >= 15 is 0 Å². The van der Waals surface area contributed by atoms with Crippen molar-refractivity contribution in [3.8, 4) is 0 Å². The van der Waals surface area contributed by atoms with Crippen molar-refractivity contribution in [1.82, 2.24) is 14.5 Å². The standard InChI is InChI=1S/C25H36FN5O4/c1-17(2)15-31-23(27)22(24(33)28-25(31)34)30(12-13-35-3)21(32)16-29-10-8-19(9-11-29)14-18-4-6-20(26)7-5-18/h4-7,17,19H,8-16,27H2,1-3H3,(H,28,33,34). The molecule has 1 saturated heterocycles. The van der Waals surface area contributed by atoms with Crippen molar-refractivity contribution in [1.29, 1.82) is 0 Å². The van der Waals surface area contributed by atoms with E-state index in [-0.39, 0.29) is 48.8 Å². The van der Waals surface area contributed by atoms with E-state index in [2.05, 4.69) is 9.88 Å². The third kappa shape index (κ3) is 7.02. The van der Waals surface area contributed by atoms with E-state index < -0.39 is 11.2 Å². The lowest BCUT2D eigenvalue weighted by Gasteiger charge is -2.33. The van der Waals surface area contributed by atoms with Crippen LogP contribution < -0.4 is 21.9 Å². The van der Waals surface area contributed by atoms with Gasteiger partial charge in [-0.2, -0.15) is 0 Å². The number of anilines is 2. The van der Waals surface area contributed by atoms with Crippen molar-refractivity contribution < 1.29 is 13.9 Å². The highest BCUT2D eigenvalue weighted by Crippen LogP contribution is 2.23. The van der Waals surface area contributed by atoms with Gasteiger partial charge >= 0.3 is 5.69 Å². The topological polar surface area (TPSA) is 114 Å². The van der Waals surface area contributed by atoms with Gasteiger partial charge in [0.1, 0.15) is 11.6 Å². The second-order valence-electron chi connectivity index (χ2n) is 9.59. The number of aromatic amines is 1. The number of benzene rings is 1. The van der Waals surface area contributed by atoms with Crippen LogP contribution in [0.5, 0.6) is 0 Å². The molecule has 0 radical (unpaired) electrons. The number of nitrogen functional groups attached to an aromatic ring is 1. The van der Waals surface area contributed by atoms with Crippen LogP contribution in [0.15, 0.2) is 33.9 Å². The molecule has 0 unspecified atom stereocenters. The summed E-state index contributed by atoms with van der Waals surface area (Å²) in [7, 11) is 1.52. The van der Waals surface area contributed by atoms with Gasteiger partial charge in [0.05, 0.1) is 13.2 Å². The van der Waals surface area contributed by atoms with E-state index in [4.69, 9.17) is 10.5 Å². The number of nitrogens with one attached hydrogen (secondary N) is 1. The summed E-state index contributed by atoms with van der Waals surface area (Å²) in [5, 5.41) is 0. The molecule has 192 valence electrons. The quantitative estimate of drug-likeness (QED) is 0.527. The molecule has 1 aromatic heterocycles. The third-order valence-electron chi connectivity index (χ3n) is 6.36. The zero-order valence-corrected chi connectivity index (χ0v) is 20.8. The van der Waals surface area contributed by atoms with E-state index in [0.717, 1.165) is 37.9 Å². The van der Waals surface area contributed by atoms with Crippen LogP contribution in [0.25, 0.3) is 0 Å². The highest BCUT2D eigenvalue weighted by atomic mass is 19.1. The van der Waals surface area contributed by atoms with Gasteiger partial charge in [0.25, 0.3) is 5.56 Å². The van der Waals surface area contributed by atoms with Crippen LogP contribution >= 0.6 is 0 Å². The van der Waals surface area contributed by atoms with Crippen LogP contribution in [0.2, 0.25) is 0 Å². The average molecular weight is 490 g/mol. The van der Waals surface area contributed by atoms with Crippen LogP contribution in [0.1, 0.15) is 32.3 Å². The molecule has 3 rings (SSSR count). The number of halogens is 1. The maximum atomic E-state index is 13.3. The molecule has 0 atom stereocenters. The van der Waals surface area contributed by atoms with E-state index in [9.17, 15) is 18.8 Å². The first-order chi connectivity index (χ1) is 16.7. The number of rotatable bonds is 10. The first kappa shape index (κ1) is 26.6. The molecule has 35 heavy (non-hydrogen) atoms. The number of likely N-dealkylation sites (tertiary alicyclic amines) is 1. The van der Waals surface area contributed by atoms with Crippen molar-refractivity contribution in [2.75, 3.05) is 50.5 Å². The molecule has 1 fully saturated rings. The Balaban J connectivity index is 1.70. The fourth-order valence-electron chi connectivity index (χ4n) is 4.51. The number of ether oxygens (including phenoxy) is 1. The van der Waals surface area contributed by atoms with Gasteiger partial charge in [-0.1, -0.05) is 26.0 Å². The summed E-state index contributed by atoms with van der Waals surface area (Å²) in [6.07, 6.45) is 2.72. The number of hydrogen-bond donors (Lipinski definition) is 2. The molecule has 2 heterocycles. The zero-order valence-electron chi connectivity index (χ0n) is 20.8. The van der Waals surface area contributed by atoms with E-state index in [0.29, 0.717) is 12.5 Å². The maximum Gasteiger partial charge on any atom is 0.330 e. The number of carbonyl (C=O) groups excluding carboxylic acids is 1. The Kier molecular flexibility index (Phi) is 9.22. The summed E-state index contributed by atoms with van der Waals surface area (Å²) in [5.41, 5.74) is 6.07. The third-order valence-corrected chi connectivity index (χ3v) is 6.36. The second-order valence-corrected chi connectivity index (χ2v) is 9.59. The first-order valence-corrected chi connectivity index (χ1v) is 12.1. The molecule has 3 N–H and O–H groups in total. The van der Waals surface area contributed by atoms with Crippen molar-refractivity contribution in [2.24, 2.45) is 11.8 Å².